The maximum Gasteiger partial charge on any atom is 0.416 e. The van der Waals surface area contributed by atoms with Gasteiger partial charge in [0, 0.05) is 18.2 Å². The quantitative estimate of drug-likeness (QED) is 0.283. The molecule has 3 aromatic carbocycles. The van der Waals surface area contributed by atoms with Gasteiger partial charge in [-0.1, -0.05) is 42.5 Å². The van der Waals surface area contributed by atoms with E-state index < -0.39 is 22.6 Å². The van der Waals surface area contributed by atoms with E-state index in [-0.39, 0.29) is 40.7 Å². The Hall–Kier alpha value is -4.47. The van der Waals surface area contributed by atoms with Crippen LogP contribution in [0.5, 0.6) is 0 Å². The number of carbonyl (C=O) groups excluding carboxylic acids is 1. The lowest BCUT2D eigenvalue weighted by molar-refractivity contribution is -0.384. The molecule has 0 aliphatic heterocycles. The molecule has 1 N–H and O–H groups in total. The van der Waals surface area contributed by atoms with E-state index in [1.165, 1.54) is 24.3 Å². The minimum absolute atomic E-state index is 0.0167. The van der Waals surface area contributed by atoms with Gasteiger partial charge >= 0.3 is 6.18 Å². The summed E-state index contributed by atoms with van der Waals surface area (Å²) in [5, 5.41) is 14.2. The van der Waals surface area contributed by atoms with Gasteiger partial charge in [0.05, 0.1) is 16.1 Å². The molecule has 1 amide bonds. The topological polar surface area (TPSA) is 98.3 Å². The van der Waals surface area contributed by atoms with E-state index in [1.54, 1.807) is 24.3 Å². The number of hydrogen-bond acceptors (Lipinski definition) is 5. The predicted octanol–water partition coefficient (Wildman–Crippen LogP) is 5.87. The van der Waals surface area contributed by atoms with Crippen LogP contribution in [0.3, 0.4) is 0 Å². The van der Waals surface area contributed by atoms with E-state index in [0.717, 1.165) is 29.8 Å². The van der Waals surface area contributed by atoms with Crippen LogP contribution in [0.15, 0.2) is 83.3 Å². The number of nitro benzene ring substituents is 1. The Morgan fingerprint density at radius 3 is 2.26 bits per heavy atom. The van der Waals surface area contributed by atoms with Crippen LogP contribution in [0.1, 0.15) is 21.6 Å². The minimum atomic E-state index is -4.52. The van der Waals surface area contributed by atoms with Crippen LogP contribution in [-0.2, 0) is 12.7 Å². The second kappa shape index (κ2) is 9.18. The van der Waals surface area contributed by atoms with Crippen molar-refractivity contribution in [2.75, 3.05) is 0 Å². The molecule has 0 spiro atoms. The fourth-order valence-electron chi connectivity index (χ4n) is 3.27. The molecule has 1 heterocycles. The number of rotatable bonds is 6. The van der Waals surface area contributed by atoms with Gasteiger partial charge in [-0.3, -0.25) is 14.9 Å². The standard InChI is InChI=1S/C24H16F3N3O4/c25-24(26,27)17-12-10-16(11-13-17)23-29-20(22(31)28-14-15-6-2-1-3-7-15)21(34-23)18-8-4-5-9-19(18)30(32)33/h1-13H,14H2,(H,28,31). The third-order valence-electron chi connectivity index (χ3n) is 4.94. The number of nitrogens with one attached hydrogen (secondary N) is 1. The zero-order chi connectivity index (χ0) is 24.3. The van der Waals surface area contributed by atoms with Gasteiger partial charge in [-0.15, -0.1) is 0 Å². The van der Waals surface area contributed by atoms with Crippen molar-refractivity contribution in [3.05, 3.63) is 106 Å². The summed E-state index contributed by atoms with van der Waals surface area (Å²) in [7, 11) is 0. The number of carbonyl (C=O) groups is 1. The largest absolute Gasteiger partial charge is 0.435 e. The molecule has 1 aromatic heterocycles. The van der Waals surface area contributed by atoms with E-state index in [2.05, 4.69) is 10.3 Å². The summed E-state index contributed by atoms with van der Waals surface area (Å²) in [6.45, 7) is 0.165. The highest BCUT2D eigenvalue weighted by atomic mass is 19.4. The van der Waals surface area contributed by atoms with Crippen LogP contribution >= 0.6 is 0 Å². The van der Waals surface area contributed by atoms with Crippen molar-refractivity contribution in [2.45, 2.75) is 12.7 Å². The Bertz CT molecular complexity index is 1330. The molecule has 7 nitrogen and oxygen atoms in total. The van der Waals surface area contributed by atoms with E-state index in [1.807, 2.05) is 6.07 Å². The zero-order valence-corrected chi connectivity index (χ0v) is 17.4. The molecule has 0 aliphatic carbocycles. The molecular weight excluding hydrogens is 451 g/mol. The lowest BCUT2D eigenvalue weighted by Crippen LogP contribution is -2.23. The van der Waals surface area contributed by atoms with Crippen LogP contribution in [0.2, 0.25) is 0 Å². The molecular formula is C24H16F3N3O4. The van der Waals surface area contributed by atoms with Crippen molar-refractivity contribution in [1.82, 2.24) is 10.3 Å². The second-order valence-electron chi connectivity index (χ2n) is 7.21. The maximum absolute atomic E-state index is 13.0. The van der Waals surface area contributed by atoms with Gasteiger partial charge in [0.2, 0.25) is 5.89 Å². The van der Waals surface area contributed by atoms with Crippen molar-refractivity contribution < 1.29 is 27.3 Å². The predicted molar refractivity (Wildman–Crippen MR) is 117 cm³/mol. The normalized spacial score (nSPS) is 11.3. The molecule has 172 valence electrons. The Labute approximate surface area is 191 Å². The Kier molecular flexibility index (Phi) is 6.13. The third-order valence-corrected chi connectivity index (χ3v) is 4.94. The Morgan fingerprint density at radius 2 is 1.62 bits per heavy atom. The lowest BCUT2D eigenvalue weighted by Gasteiger charge is -2.06. The SMILES string of the molecule is O=C(NCc1ccccc1)c1nc(-c2ccc(C(F)(F)F)cc2)oc1-c1ccccc1[N+](=O)[O-]. The van der Waals surface area contributed by atoms with Crippen LogP contribution in [-0.4, -0.2) is 15.8 Å². The summed E-state index contributed by atoms with van der Waals surface area (Å²) < 4.78 is 44.4. The lowest BCUT2D eigenvalue weighted by atomic mass is 10.1. The summed E-state index contributed by atoms with van der Waals surface area (Å²) >= 11 is 0. The van der Waals surface area contributed by atoms with E-state index in [4.69, 9.17) is 4.42 Å². The number of nitro groups is 1. The molecule has 0 aliphatic rings. The van der Waals surface area contributed by atoms with Gasteiger partial charge in [0.25, 0.3) is 11.6 Å². The number of para-hydroxylation sites is 1. The van der Waals surface area contributed by atoms with Gasteiger partial charge in [-0.05, 0) is 35.9 Å². The number of hydrogen-bond donors (Lipinski definition) is 1. The summed E-state index contributed by atoms with van der Waals surface area (Å²) in [6, 6.07) is 18.7. The molecule has 0 saturated heterocycles. The van der Waals surface area contributed by atoms with Crippen molar-refractivity contribution in [1.29, 1.82) is 0 Å². The van der Waals surface area contributed by atoms with Gasteiger partial charge in [0.1, 0.15) is 0 Å². The molecule has 0 saturated carbocycles. The van der Waals surface area contributed by atoms with Gasteiger partial charge in [-0.2, -0.15) is 13.2 Å². The van der Waals surface area contributed by atoms with E-state index in [9.17, 15) is 28.1 Å². The maximum atomic E-state index is 13.0. The summed E-state index contributed by atoms with van der Waals surface area (Å²) in [6.07, 6.45) is -4.52. The first-order valence-electron chi connectivity index (χ1n) is 9.98. The van der Waals surface area contributed by atoms with Crippen molar-refractivity contribution in [2.24, 2.45) is 0 Å². The zero-order valence-electron chi connectivity index (χ0n) is 17.4. The van der Waals surface area contributed by atoms with Crippen LogP contribution < -0.4 is 5.32 Å². The summed E-state index contributed by atoms with van der Waals surface area (Å²) in [4.78, 5) is 28.1. The molecule has 0 unspecified atom stereocenters. The number of oxazole rings is 1. The van der Waals surface area contributed by atoms with Gasteiger partial charge < -0.3 is 9.73 Å². The molecule has 34 heavy (non-hydrogen) atoms. The Morgan fingerprint density at radius 1 is 0.971 bits per heavy atom. The monoisotopic (exact) mass is 467 g/mol. The van der Waals surface area contributed by atoms with Crippen LogP contribution in [0.25, 0.3) is 22.8 Å². The molecule has 0 radical (unpaired) electrons. The summed E-state index contributed by atoms with van der Waals surface area (Å²) in [5.74, 6) is -0.960. The van der Waals surface area contributed by atoms with Crippen molar-refractivity contribution in [3.8, 4) is 22.8 Å². The first-order chi connectivity index (χ1) is 16.2. The fourth-order valence-corrected chi connectivity index (χ4v) is 3.27. The fraction of sp³-hybridized carbons (Fsp3) is 0.0833. The molecule has 10 heteroatoms. The number of nitrogens with zero attached hydrogens (tertiary/aromatic N) is 2. The molecule has 4 aromatic rings. The van der Waals surface area contributed by atoms with E-state index in [0.29, 0.717) is 0 Å². The average molecular weight is 467 g/mol. The third kappa shape index (κ3) is 4.80. The molecule has 4 rings (SSSR count). The first kappa shape index (κ1) is 22.7. The summed E-state index contributed by atoms with van der Waals surface area (Å²) in [5.41, 5.74) is -0.384. The highest BCUT2D eigenvalue weighted by Gasteiger charge is 2.31. The van der Waals surface area contributed by atoms with Crippen molar-refractivity contribution >= 4 is 11.6 Å². The highest BCUT2D eigenvalue weighted by Crippen LogP contribution is 2.36. The van der Waals surface area contributed by atoms with Gasteiger partial charge in [-0.25, -0.2) is 4.98 Å². The minimum Gasteiger partial charge on any atom is -0.435 e. The van der Waals surface area contributed by atoms with Gasteiger partial charge in [0.15, 0.2) is 11.5 Å². The van der Waals surface area contributed by atoms with Crippen LogP contribution in [0.4, 0.5) is 18.9 Å². The highest BCUT2D eigenvalue weighted by molar-refractivity contribution is 5.99. The van der Waals surface area contributed by atoms with E-state index >= 15 is 0 Å². The average Bonchev–Trinajstić information content (AvgIpc) is 3.28. The number of aromatic nitrogens is 1. The smallest absolute Gasteiger partial charge is 0.416 e. The number of benzene rings is 3. The van der Waals surface area contributed by atoms with Crippen LogP contribution in [0, 0.1) is 10.1 Å². The second-order valence-corrected chi connectivity index (χ2v) is 7.21. The first-order valence-corrected chi connectivity index (χ1v) is 9.98. The number of amides is 1. The molecule has 0 atom stereocenters. The molecule has 0 fully saturated rings. The molecule has 0 bridgehead atoms. The van der Waals surface area contributed by atoms with Crippen molar-refractivity contribution in [3.63, 3.8) is 0 Å². The number of alkyl halides is 3. The Balaban J connectivity index is 1.75. The number of halogens is 3.